The van der Waals surface area contributed by atoms with Crippen LogP contribution in [-0.2, 0) is 4.79 Å². The summed E-state index contributed by atoms with van der Waals surface area (Å²) in [6, 6.07) is 20.8. The number of para-hydroxylation sites is 1. The molecule has 0 saturated carbocycles. The summed E-state index contributed by atoms with van der Waals surface area (Å²) in [5.74, 6) is -0.170. The van der Waals surface area contributed by atoms with Gasteiger partial charge in [-0.1, -0.05) is 39.7 Å². The molecule has 2 amide bonds. The minimum atomic E-state index is -0.765. The van der Waals surface area contributed by atoms with E-state index in [1.54, 1.807) is 67.6 Å². The molecule has 1 atom stereocenters. The van der Waals surface area contributed by atoms with Gasteiger partial charge in [0.05, 0.1) is 11.3 Å². The van der Waals surface area contributed by atoms with Crippen LogP contribution < -0.4 is 15.4 Å². The minimum Gasteiger partial charge on any atom is -0.481 e. The lowest BCUT2D eigenvalue weighted by molar-refractivity contribution is -0.122. The first-order valence-corrected chi connectivity index (χ1v) is 9.98. The van der Waals surface area contributed by atoms with Gasteiger partial charge in [-0.05, 0) is 67.6 Å². The molecule has 0 aliphatic carbocycles. The van der Waals surface area contributed by atoms with Crippen molar-refractivity contribution in [2.75, 3.05) is 10.6 Å². The molecule has 0 bridgehead atoms. The van der Waals surface area contributed by atoms with Crippen LogP contribution in [0, 0.1) is 0 Å². The highest BCUT2D eigenvalue weighted by molar-refractivity contribution is 9.10. The van der Waals surface area contributed by atoms with Gasteiger partial charge in [0.25, 0.3) is 11.8 Å². The molecule has 2 N–H and O–H groups in total. The second kappa shape index (κ2) is 9.58. The van der Waals surface area contributed by atoms with Crippen LogP contribution in [0.5, 0.6) is 5.75 Å². The SMILES string of the molecule is CC(Oc1ccc(Cl)cc1)C(=O)Nc1ccccc1C(=O)Nc1ccc(Br)cc1. The quantitative estimate of drug-likeness (QED) is 0.478. The van der Waals surface area contributed by atoms with Crippen molar-refractivity contribution < 1.29 is 14.3 Å². The van der Waals surface area contributed by atoms with Crippen LogP contribution in [0.3, 0.4) is 0 Å². The number of rotatable bonds is 6. The van der Waals surface area contributed by atoms with Crippen molar-refractivity contribution >= 4 is 50.7 Å². The number of hydrogen-bond donors (Lipinski definition) is 2. The first-order valence-electron chi connectivity index (χ1n) is 8.81. The third kappa shape index (κ3) is 5.82. The van der Waals surface area contributed by atoms with Crippen molar-refractivity contribution in [3.05, 3.63) is 87.9 Å². The fourth-order valence-electron chi connectivity index (χ4n) is 2.53. The van der Waals surface area contributed by atoms with Crippen molar-refractivity contribution in [3.63, 3.8) is 0 Å². The van der Waals surface area contributed by atoms with E-state index in [2.05, 4.69) is 26.6 Å². The van der Waals surface area contributed by atoms with E-state index in [-0.39, 0.29) is 11.8 Å². The van der Waals surface area contributed by atoms with Crippen molar-refractivity contribution in [2.24, 2.45) is 0 Å². The third-order valence-corrected chi connectivity index (χ3v) is 4.81. The molecule has 148 valence electrons. The molecule has 0 fully saturated rings. The van der Waals surface area contributed by atoms with Crippen LogP contribution >= 0.6 is 27.5 Å². The Balaban J connectivity index is 1.69. The van der Waals surface area contributed by atoms with E-state index in [1.165, 1.54) is 0 Å². The number of benzene rings is 3. The molecule has 0 saturated heterocycles. The molecule has 0 aliphatic heterocycles. The Kier molecular flexibility index (Phi) is 6.90. The Morgan fingerprint density at radius 3 is 2.28 bits per heavy atom. The van der Waals surface area contributed by atoms with Gasteiger partial charge in [0.1, 0.15) is 5.75 Å². The molecular formula is C22H18BrClN2O3. The van der Waals surface area contributed by atoms with Crippen LogP contribution in [0.2, 0.25) is 5.02 Å². The summed E-state index contributed by atoms with van der Waals surface area (Å²) in [6.45, 7) is 1.63. The number of carbonyl (C=O) groups is 2. The van der Waals surface area contributed by atoms with Crippen LogP contribution in [-0.4, -0.2) is 17.9 Å². The van der Waals surface area contributed by atoms with Crippen LogP contribution in [0.1, 0.15) is 17.3 Å². The second-order valence-corrected chi connectivity index (χ2v) is 7.56. The van der Waals surface area contributed by atoms with Gasteiger partial charge in [-0.2, -0.15) is 0 Å². The highest BCUT2D eigenvalue weighted by Crippen LogP contribution is 2.21. The summed E-state index contributed by atoms with van der Waals surface area (Å²) in [6.07, 6.45) is -0.765. The van der Waals surface area contributed by atoms with Gasteiger partial charge in [0.2, 0.25) is 0 Å². The molecule has 0 radical (unpaired) electrons. The number of carbonyl (C=O) groups excluding carboxylic acids is 2. The van der Waals surface area contributed by atoms with Crippen molar-refractivity contribution in [2.45, 2.75) is 13.0 Å². The number of amides is 2. The molecule has 0 spiro atoms. The average molecular weight is 474 g/mol. The van der Waals surface area contributed by atoms with Gasteiger partial charge in [0, 0.05) is 15.2 Å². The van der Waals surface area contributed by atoms with Crippen molar-refractivity contribution in [1.29, 1.82) is 0 Å². The van der Waals surface area contributed by atoms with Crippen LogP contribution in [0.4, 0.5) is 11.4 Å². The monoisotopic (exact) mass is 472 g/mol. The molecule has 7 heteroatoms. The van der Waals surface area contributed by atoms with E-state index >= 15 is 0 Å². The maximum atomic E-state index is 12.7. The van der Waals surface area contributed by atoms with Gasteiger partial charge in [-0.25, -0.2) is 0 Å². The van der Waals surface area contributed by atoms with E-state index in [0.717, 1.165) is 4.47 Å². The van der Waals surface area contributed by atoms with Gasteiger partial charge in [-0.15, -0.1) is 0 Å². The van der Waals surface area contributed by atoms with Crippen LogP contribution in [0.25, 0.3) is 0 Å². The lowest BCUT2D eigenvalue weighted by atomic mass is 10.1. The highest BCUT2D eigenvalue weighted by atomic mass is 79.9. The fourth-order valence-corrected chi connectivity index (χ4v) is 2.92. The summed E-state index contributed by atoms with van der Waals surface area (Å²) in [5, 5.41) is 6.16. The highest BCUT2D eigenvalue weighted by Gasteiger charge is 2.18. The number of ether oxygens (including phenoxy) is 1. The Morgan fingerprint density at radius 2 is 1.59 bits per heavy atom. The molecule has 5 nitrogen and oxygen atoms in total. The Morgan fingerprint density at radius 1 is 0.931 bits per heavy atom. The molecule has 0 heterocycles. The lowest BCUT2D eigenvalue weighted by Gasteiger charge is -2.16. The number of nitrogens with one attached hydrogen (secondary N) is 2. The number of halogens is 2. The van der Waals surface area contributed by atoms with Gasteiger partial charge < -0.3 is 15.4 Å². The van der Waals surface area contributed by atoms with E-state index < -0.39 is 6.10 Å². The third-order valence-electron chi connectivity index (χ3n) is 4.03. The summed E-state index contributed by atoms with van der Waals surface area (Å²) < 4.78 is 6.55. The Labute approximate surface area is 182 Å². The molecule has 29 heavy (non-hydrogen) atoms. The summed E-state index contributed by atoms with van der Waals surface area (Å²) in [7, 11) is 0. The molecule has 1 unspecified atom stereocenters. The van der Waals surface area contributed by atoms with Crippen molar-refractivity contribution in [3.8, 4) is 5.75 Å². The fraction of sp³-hybridized carbons (Fsp3) is 0.0909. The molecule has 3 rings (SSSR count). The Hall–Kier alpha value is -2.83. The van der Waals surface area contributed by atoms with Gasteiger partial charge in [-0.3, -0.25) is 9.59 Å². The second-order valence-electron chi connectivity index (χ2n) is 6.21. The van der Waals surface area contributed by atoms with E-state index in [1.807, 2.05) is 12.1 Å². The summed E-state index contributed by atoms with van der Waals surface area (Å²) >= 11 is 9.21. The van der Waals surface area contributed by atoms with Gasteiger partial charge in [0.15, 0.2) is 6.10 Å². The number of hydrogen-bond acceptors (Lipinski definition) is 3. The standard InChI is InChI=1S/C22H18BrClN2O3/c1-14(29-18-12-8-16(24)9-13-18)21(27)26-20-5-3-2-4-19(20)22(28)25-17-10-6-15(23)7-11-17/h2-14H,1H3,(H,25,28)(H,26,27). The zero-order chi connectivity index (χ0) is 20.8. The molecule has 0 aromatic heterocycles. The van der Waals surface area contributed by atoms with E-state index in [4.69, 9.17) is 16.3 Å². The zero-order valence-corrected chi connectivity index (χ0v) is 17.8. The molecule has 3 aromatic rings. The van der Waals surface area contributed by atoms with Crippen LogP contribution in [0.15, 0.2) is 77.3 Å². The normalized spacial score (nSPS) is 11.4. The largest absolute Gasteiger partial charge is 0.481 e. The first kappa shape index (κ1) is 20.9. The van der Waals surface area contributed by atoms with Gasteiger partial charge >= 0.3 is 0 Å². The predicted molar refractivity (Wildman–Crippen MR) is 119 cm³/mol. The topological polar surface area (TPSA) is 67.4 Å². The smallest absolute Gasteiger partial charge is 0.265 e. The van der Waals surface area contributed by atoms with E-state index in [9.17, 15) is 9.59 Å². The maximum Gasteiger partial charge on any atom is 0.265 e. The average Bonchev–Trinajstić information content (AvgIpc) is 2.71. The summed E-state index contributed by atoms with van der Waals surface area (Å²) in [5.41, 5.74) is 1.40. The Bertz CT molecular complexity index is 1010. The molecular weight excluding hydrogens is 456 g/mol. The zero-order valence-electron chi connectivity index (χ0n) is 15.5. The lowest BCUT2D eigenvalue weighted by Crippen LogP contribution is -2.31. The maximum absolute atomic E-state index is 12.7. The molecule has 3 aromatic carbocycles. The molecule has 0 aliphatic rings. The first-order chi connectivity index (χ1) is 13.9. The number of anilines is 2. The van der Waals surface area contributed by atoms with Crippen molar-refractivity contribution in [1.82, 2.24) is 0 Å². The minimum absolute atomic E-state index is 0.325. The van der Waals surface area contributed by atoms with E-state index in [0.29, 0.717) is 27.7 Å². The predicted octanol–water partition coefficient (Wildman–Crippen LogP) is 5.76. The summed E-state index contributed by atoms with van der Waals surface area (Å²) in [4.78, 5) is 25.2.